The van der Waals surface area contributed by atoms with Crippen LogP contribution in [0.5, 0.6) is 0 Å². The maximum Gasteiger partial charge on any atom is 0.315 e. The quantitative estimate of drug-likeness (QED) is 0.668. The predicted octanol–water partition coefficient (Wildman–Crippen LogP) is 4.12. The third-order valence-corrected chi connectivity index (χ3v) is 4.46. The predicted molar refractivity (Wildman–Crippen MR) is 87.7 cm³/mol. The molecule has 0 aliphatic heterocycles. The van der Waals surface area contributed by atoms with Crippen LogP contribution >= 0.6 is 11.6 Å². The van der Waals surface area contributed by atoms with Crippen LogP contribution in [0.1, 0.15) is 51.7 Å². The van der Waals surface area contributed by atoms with Gasteiger partial charge < -0.3 is 15.2 Å². The lowest BCUT2D eigenvalue weighted by molar-refractivity contribution is -0.187. The molecule has 0 radical (unpaired) electrons. The SMILES string of the molecule is COC(c1ccc(Cl)c(N)c1)C1(C(=O)OC(C)(C)C)CCC1. The molecule has 2 N–H and O–H groups in total. The zero-order chi connectivity index (χ0) is 16.5. The second-order valence-corrected chi connectivity index (χ2v) is 7.32. The number of hydrogen-bond acceptors (Lipinski definition) is 4. The van der Waals surface area contributed by atoms with Gasteiger partial charge in [-0.3, -0.25) is 4.79 Å². The molecule has 4 nitrogen and oxygen atoms in total. The number of rotatable bonds is 4. The summed E-state index contributed by atoms with van der Waals surface area (Å²) >= 11 is 5.98. The van der Waals surface area contributed by atoms with Crippen LogP contribution in [0.25, 0.3) is 0 Å². The fraction of sp³-hybridized carbons (Fsp3) is 0.588. The molecule has 1 unspecified atom stereocenters. The highest BCUT2D eigenvalue weighted by Crippen LogP contribution is 2.53. The largest absolute Gasteiger partial charge is 0.459 e. The number of anilines is 1. The normalized spacial score (nSPS) is 18.4. The van der Waals surface area contributed by atoms with Crippen molar-refractivity contribution in [2.75, 3.05) is 12.8 Å². The number of methoxy groups -OCH3 is 1. The molecule has 0 aromatic heterocycles. The minimum absolute atomic E-state index is 0.202. The second-order valence-electron chi connectivity index (χ2n) is 6.91. The van der Waals surface area contributed by atoms with Crippen LogP contribution < -0.4 is 5.73 Å². The standard InChI is InChI=1S/C17H24ClNO3/c1-16(2,3)22-15(20)17(8-5-9-17)14(21-4)11-6-7-12(18)13(19)10-11/h6-7,10,14H,5,8-9,19H2,1-4H3. The maximum absolute atomic E-state index is 12.7. The van der Waals surface area contributed by atoms with E-state index in [1.165, 1.54) is 0 Å². The summed E-state index contributed by atoms with van der Waals surface area (Å²) in [6.07, 6.45) is 2.12. The average molecular weight is 326 g/mol. The number of nitrogen functional groups attached to an aromatic ring is 1. The van der Waals surface area contributed by atoms with Crippen LogP contribution in [0, 0.1) is 5.41 Å². The highest BCUT2D eigenvalue weighted by molar-refractivity contribution is 6.33. The van der Waals surface area contributed by atoms with Crippen LogP contribution in [0.3, 0.4) is 0 Å². The number of carbonyl (C=O) groups is 1. The van der Waals surface area contributed by atoms with E-state index in [4.69, 9.17) is 26.8 Å². The molecule has 0 spiro atoms. The number of hydrogen-bond donors (Lipinski definition) is 1. The first-order valence-corrected chi connectivity index (χ1v) is 7.88. The Balaban J connectivity index is 2.34. The van der Waals surface area contributed by atoms with Gasteiger partial charge in [0.25, 0.3) is 0 Å². The monoisotopic (exact) mass is 325 g/mol. The van der Waals surface area contributed by atoms with Gasteiger partial charge in [-0.1, -0.05) is 24.1 Å². The smallest absolute Gasteiger partial charge is 0.315 e. The van der Waals surface area contributed by atoms with E-state index in [9.17, 15) is 4.79 Å². The number of esters is 1. The van der Waals surface area contributed by atoms with Gasteiger partial charge in [0.2, 0.25) is 0 Å². The van der Waals surface area contributed by atoms with Crippen molar-refractivity contribution in [3.8, 4) is 0 Å². The van der Waals surface area contributed by atoms with Crippen LogP contribution in [0.2, 0.25) is 5.02 Å². The van der Waals surface area contributed by atoms with Crippen molar-refractivity contribution in [3.63, 3.8) is 0 Å². The molecule has 22 heavy (non-hydrogen) atoms. The van der Waals surface area contributed by atoms with E-state index in [1.54, 1.807) is 19.2 Å². The maximum atomic E-state index is 12.7. The Bertz CT molecular complexity index is 562. The van der Waals surface area contributed by atoms with E-state index in [1.807, 2.05) is 26.8 Å². The Hall–Kier alpha value is -1.26. The number of halogens is 1. The van der Waals surface area contributed by atoms with E-state index in [0.717, 1.165) is 24.8 Å². The third kappa shape index (κ3) is 3.23. The van der Waals surface area contributed by atoms with E-state index in [-0.39, 0.29) is 12.1 Å². The van der Waals surface area contributed by atoms with Gasteiger partial charge in [-0.15, -0.1) is 0 Å². The van der Waals surface area contributed by atoms with E-state index in [0.29, 0.717) is 10.7 Å². The first-order valence-electron chi connectivity index (χ1n) is 7.51. The Morgan fingerprint density at radius 3 is 2.41 bits per heavy atom. The fourth-order valence-electron chi connectivity index (χ4n) is 2.92. The average Bonchev–Trinajstić information content (AvgIpc) is 2.34. The Kier molecular flexibility index (Phi) is 4.73. The molecule has 0 saturated heterocycles. The van der Waals surface area contributed by atoms with Gasteiger partial charge >= 0.3 is 5.97 Å². The molecular formula is C17H24ClNO3. The molecule has 2 rings (SSSR count). The van der Waals surface area contributed by atoms with Gasteiger partial charge in [-0.2, -0.15) is 0 Å². The number of nitrogens with two attached hydrogens (primary N) is 1. The van der Waals surface area contributed by atoms with E-state index >= 15 is 0 Å². The highest BCUT2D eigenvalue weighted by Gasteiger charge is 2.53. The molecule has 1 atom stereocenters. The highest BCUT2D eigenvalue weighted by atomic mass is 35.5. The molecule has 1 aromatic carbocycles. The van der Waals surface area contributed by atoms with Gasteiger partial charge in [-0.25, -0.2) is 0 Å². The minimum atomic E-state index is -0.637. The molecule has 122 valence electrons. The molecule has 0 heterocycles. The van der Waals surface area contributed by atoms with Crippen molar-refractivity contribution >= 4 is 23.3 Å². The van der Waals surface area contributed by atoms with Crippen molar-refractivity contribution < 1.29 is 14.3 Å². The van der Waals surface area contributed by atoms with Crippen molar-refractivity contribution in [2.45, 2.75) is 51.7 Å². The number of ether oxygens (including phenoxy) is 2. The topological polar surface area (TPSA) is 61.5 Å². The molecule has 1 aromatic rings. The molecular weight excluding hydrogens is 302 g/mol. The summed E-state index contributed by atoms with van der Waals surface area (Å²) in [4.78, 5) is 12.7. The van der Waals surface area contributed by atoms with Crippen molar-refractivity contribution in [3.05, 3.63) is 28.8 Å². The third-order valence-electron chi connectivity index (χ3n) is 4.11. The van der Waals surface area contributed by atoms with Crippen LogP contribution in [-0.2, 0) is 14.3 Å². The summed E-state index contributed by atoms with van der Waals surface area (Å²) in [6, 6.07) is 5.37. The van der Waals surface area contributed by atoms with Crippen LogP contribution in [0.4, 0.5) is 5.69 Å². The summed E-state index contributed by atoms with van der Waals surface area (Å²) in [5.74, 6) is -0.202. The van der Waals surface area contributed by atoms with Crippen molar-refractivity contribution in [1.82, 2.24) is 0 Å². The summed E-state index contributed by atoms with van der Waals surface area (Å²) in [5, 5.41) is 0.499. The first kappa shape index (κ1) is 17.1. The van der Waals surface area contributed by atoms with Gasteiger partial charge in [0.15, 0.2) is 0 Å². The lowest BCUT2D eigenvalue weighted by Crippen LogP contribution is -2.47. The summed E-state index contributed by atoms with van der Waals surface area (Å²) < 4.78 is 11.3. The Morgan fingerprint density at radius 2 is 2.00 bits per heavy atom. The van der Waals surface area contributed by atoms with Crippen LogP contribution in [0.15, 0.2) is 18.2 Å². The molecule has 1 aliphatic carbocycles. The Labute approximate surface area is 136 Å². The van der Waals surface area contributed by atoms with E-state index in [2.05, 4.69) is 0 Å². The molecule has 1 saturated carbocycles. The van der Waals surface area contributed by atoms with Crippen molar-refractivity contribution in [1.29, 1.82) is 0 Å². The molecule has 0 amide bonds. The molecule has 5 heteroatoms. The second kappa shape index (κ2) is 6.09. The number of benzene rings is 1. The van der Waals surface area contributed by atoms with Gasteiger partial charge in [-0.05, 0) is 51.3 Å². The van der Waals surface area contributed by atoms with Gasteiger partial charge in [0, 0.05) is 7.11 Å². The Morgan fingerprint density at radius 1 is 1.36 bits per heavy atom. The van der Waals surface area contributed by atoms with Crippen LogP contribution in [-0.4, -0.2) is 18.7 Å². The molecule has 0 bridgehead atoms. The molecule has 1 fully saturated rings. The lowest BCUT2D eigenvalue weighted by atomic mass is 9.63. The first-order chi connectivity index (χ1) is 10.2. The lowest BCUT2D eigenvalue weighted by Gasteiger charge is -2.45. The minimum Gasteiger partial charge on any atom is -0.459 e. The summed E-state index contributed by atoms with van der Waals surface area (Å²) in [7, 11) is 1.61. The van der Waals surface area contributed by atoms with E-state index < -0.39 is 11.0 Å². The summed E-state index contributed by atoms with van der Waals surface area (Å²) in [5.41, 5.74) is 6.08. The van der Waals surface area contributed by atoms with Gasteiger partial charge in [0.05, 0.1) is 22.2 Å². The van der Waals surface area contributed by atoms with Gasteiger partial charge in [0.1, 0.15) is 5.60 Å². The molecule has 1 aliphatic rings. The fourth-order valence-corrected chi connectivity index (χ4v) is 3.03. The number of carbonyl (C=O) groups excluding carboxylic acids is 1. The summed E-state index contributed by atoms with van der Waals surface area (Å²) in [6.45, 7) is 5.62. The zero-order valence-corrected chi connectivity index (χ0v) is 14.4. The zero-order valence-electron chi connectivity index (χ0n) is 13.6. The van der Waals surface area contributed by atoms with Crippen molar-refractivity contribution in [2.24, 2.45) is 5.41 Å².